The Morgan fingerprint density at radius 2 is 2.05 bits per heavy atom. The Kier molecular flexibility index (Phi) is 3.29. The number of nitrogen functional groups attached to an aromatic ring is 1. The van der Waals surface area contributed by atoms with Crippen LogP contribution in [0, 0.1) is 0 Å². The standard InChI is InChI=1S/C15H17N3O3/c16-10-4-5-12-9(7-10)8-13(21-12)15(20)18-6-2-1-3-11(18)14(17)19/h4-5,7-8,11H,1-3,6,16H2,(H2,17,19). The maximum atomic E-state index is 12.6. The minimum Gasteiger partial charge on any atom is -0.451 e. The van der Waals surface area contributed by atoms with E-state index in [1.54, 1.807) is 24.3 Å². The number of rotatable bonds is 2. The van der Waals surface area contributed by atoms with Crippen LogP contribution in [0.4, 0.5) is 5.69 Å². The van der Waals surface area contributed by atoms with Crippen LogP contribution < -0.4 is 11.5 Å². The maximum Gasteiger partial charge on any atom is 0.290 e. The van der Waals surface area contributed by atoms with Crippen molar-refractivity contribution in [1.29, 1.82) is 0 Å². The molecule has 4 N–H and O–H groups in total. The Morgan fingerprint density at radius 3 is 2.81 bits per heavy atom. The van der Waals surface area contributed by atoms with Crippen molar-refractivity contribution in [3.8, 4) is 0 Å². The molecule has 6 nitrogen and oxygen atoms in total. The fourth-order valence-corrected chi connectivity index (χ4v) is 2.78. The molecule has 3 rings (SSSR count). The molecular weight excluding hydrogens is 270 g/mol. The number of piperidine rings is 1. The van der Waals surface area contributed by atoms with Crippen molar-refractivity contribution in [2.24, 2.45) is 5.73 Å². The van der Waals surface area contributed by atoms with Crippen LogP contribution in [0.2, 0.25) is 0 Å². The summed E-state index contributed by atoms with van der Waals surface area (Å²) >= 11 is 0. The highest BCUT2D eigenvalue weighted by atomic mass is 16.3. The lowest BCUT2D eigenvalue weighted by atomic mass is 10.0. The topological polar surface area (TPSA) is 103 Å². The monoisotopic (exact) mass is 287 g/mol. The number of primary amides is 1. The third-order valence-corrected chi connectivity index (χ3v) is 3.84. The van der Waals surface area contributed by atoms with Gasteiger partial charge in [0.1, 0.15) is 11.6 Å². The Morgan fingerprint density at radius 1 is 1.24 bits per heavy atom. The first kappa shape index (κ1) is 13.5. The van der Waals surface area contributed by atoms with Gasteiger partial charge in [-0.2, -0.15) is 0 Å². The zero-order valence-electron chi connectivity index (χ0n) is 11.5. The first-order chi connectivity index (χ1) is 10.1. The average molecular weight is 287 g/mol. The van der Waals surface area contributed by atoms with Gasteiger partial charge in [0, 0.05) is 17.6 Å². The van der Waals surface area contributed by atoms with Gasteiger partial charge >= 0.3 is 0 Å². The summed E-state index contributed by atoms with van der Waals surface area (Å²) in [6, 6.07) is 6.29. The van der Waals surface area contributed by atoms with Crippen LogP contribution in [0.3, 0.4) is 0 Å². The molecular formula is C15H17N3O3. The zero-order valence-corrected chi connectivity index (χ0v) is 11.5. The summed E-state index contributed by atoms with van der Waals surface area (Å²) in [6.45, 7) is 0.519. The van der Waals surface area contributed by atoms with Gasteiger partial charge < -0.3 is 20.8 Å². The Balaban J connectivity index is 1.93. The van der Waals surface area contributed by atoms with E-state index in [0.717, 1.165) is 18.2 Å². The van der Waals surface area contributed by atoms with Crippen LogP contribution in [0.25, 0.3) is 11.0 Å². The van der Waals surface area contributed by atoms with E-state index in [1.807, 2.05) is 0 Å². The number of anilines is 1. The van der Waals surface area contributed by atoms with Crippen LogP contribution in [0.1, 0.15) is 29.8 Å². The minimum atomic E-state index is -0.551. The van der Waals surface area contributed by atoms with Crippen LogP contribution in [-0.2, 0) is 4.79 Å². The van der Waals surface area contributed by atoms with Gasteiger partial charge in [-0.05, 0) is 43.5 Å². The summed E-state index contributed by atoms with van der Waals surface area (Å²) in [5.41, 5.74) is 12.3. The van der Waals surface area contributed by atoms with Crippen molar-refractivity contribution in [2.45, 2.75) is 25.3 Å². The predicted molar refractivity (Wildman–Crippen MR) is 78.5 cm³/mol. The molecule has 1 aromatic heterocycles. The SMILES string of the molecule is NC(=O)C1CCCCN1C(=O)c1cc2cc(N)ccc2o1. The van der Waals surface area contributed by atoms with E-state index in [1.165, 1.54) is 4.90 Å². The molecule has 2 aromatic rings. The van der Waals surface area contributed by atoms with E-state index in [4.69, 9.17) is 15.9 Å². The number of fused-ring (bicyclic) bond motifs is 1. The zero-order chi connectivity index (χ0) is 15.0. The van der Waals surface area contributed by atoms with Gasteiger partial charge in [-0.15, -0.1) is 0 Å². The molecule has 1 aliphatic rings. The fraction of sp³-hybridized carbons (Fsp3) is 0.333. The predicted octanol–water partition coefficient (Wildman–Crippen LogP) is 1.49. The van der Waals surface area contributed by atoms with Crippen molar-refractivity contribution < 1.29 is 14.0 Å². The van der Waals surface area contributed by atoms with Crippen molar-refractivity contribution in [3.63, 3.8) is 0 Å². The summed E-state index contributed by atoms with van der Waals surface area (Å²) in [4.78, 5) is 25.6. The first-order valence-electron chi connectivity index (χ1n) is 6.95. The molecule has 0 bridgehead atoms. The Labute approximate surface area is 121 Å². The summed E-state index contributed by atoms with van der Waals surface area (Å²) in [5, 5.41) is 0.769. The quantitative estimate of drug-likeness (QED) is 0.817. The van der Waals surface area contributed by atoms with Crippen molar-refractivity contribution in [2.75, 3.05) is 12.3 Å². The third-order valence-electron chi connectivity index (χ3n) is 3.84. The second-order valence-corrected chi connectivity index (χ2v) is 5.32. The summed E-state index contributed by atoms with van der Waals surface area (Å²) in [6.07, 6.45) is 2.37. The van der Waals surface area contributed by atoms with E-state index in [-0.39, 0.29) is 11.7 Å². The van der Waals surface area contributed by atoms with E-state index in [2.05, 4.69) is 0 Å². The average Bonchev–Trinajstić information content (AvgIpc) is 2.89. The van der Waals surface area contributed by atoms with Crippen LogP contribution in [0.15, 0.2) is 28.7 Å². The van der Waals surface area contributed by atoms with E-state index < -0.39 is 11.9 Å². The number of carbonyl (C=O) groups excluding carboxylic acids is 2. The van der Waals surface area contributed by atoms with Gasteiger partial charge in [-0.3, -0.25) is 9.59 Å². The second kappa shape index (κ2) is 5.12. The smallest absolute Gasteiger partial charge is 0.290 e. The number of nitrogens with zero attached hydrogens (tertiary/aromatic N) is 1. The number of amides is 2. The van der Waals surface area contributed by atoms with Gasteiger partial charge in [0.05, 0.1) is 0 Å². The van der Waals surface area contributed by atoms with Gasteiger partial charge in [0.15, 0.2) is 5.76 Å². The number of likely N-dealkylation sites (tertiary alicyclic amines) is 1. The van der Waals surface area contributed by atoms with Crippen LogP contribution >= 0.6 is 0 Å². The highest BCUT2D eigenvalue weighted by Gasteiger charge is 2.32. The van der Waals surface area contributed by atoms with Gasteiger partial charge in [0.25, 0.3) is 5.91 Å². The van der Waals surface area contributed by atoms with Gasteiger partial charge in [-0.1, -0.05) is 0 Å². The van der Waals surface area contributed by atoms with E-state index in [9.17, 15) is 9.59 Å². The Bertz CT molecular complexity index is 707. The molecule has 6 heteroatoms. The lowest BCUT2D eigenvalue weighted by Crippen LogP contribution is -2.50. The molecule has 1 unspecified atom stereocenters. The summed E-state index contributed by atoms with van der Waals surface area (Å²) in [7, 11) is 0. The molecule has 1 fully saturated rings. The molecule has 1 aliphatic heterocycles. The highest BCUT2D eigenvalue weighted by Crippen LogP contribution is 2.25. The number of benzene rings is 1. The third kappa shape index (κ3) is 2.44. The molecule has 1 aromatic carbocycles. The number of hydrogen-bond acceptors (Lipinski definition) is 4. The normalized spacial score (nSPS) is 18.9. The van der Waals surface area contributed by atoms with Gasteiger partial charge in [0.2, 0.25) is 5.91 Å². The lowest BCUT2D eigenvalue weighted by molar-refractivity contribution is -0.123. The fourth-order valence-electron chi connectivity index (χ4n) is 2.78. The molecule has 0 radical (unpaired) electrons. The van der Waals surface area contributed by atoms with Crippen molar-refractivity contribution in [3.05, 3.63) is 30.0 Å². The molecule has 0 aliphatic carbocycles. The maximum absolute atomic E-state index is 12.6. The molecule has 2 amide bonds. The second-order valence-electron chi connectivity index (χ2n) is 5.32. The number of furan rings is 1. The number of carbonyl (C=O) groups is 2. The minimum absolute atomic E-state index is 0.212. The number of nitrogens with two attached hydrogens (primary N) is 2. The molecule has 2 heterocycles. The van der Waals surface area contributed by atoms with Crippen LogP contribution in [0.5, 0.6) is 0 Å². The highest BCUT2D eigenvalue weighted by molar-refractivity contribution is 5.99. The van der Waals surface area contributed by atoms with Gasteiger partial charge in [-0.25, -0.2) is 0 Å². The largest absolute Gasteiger partial charge is 0.451 e. The van der Waals surface area contributed by atoms with Crippen LogP contribution in [-0.4, -0.2) is 29.3 Å². The van der Waals surface area contributed by atoms with E-state index >= 15 is 0 Å². The first-order valence-corrected chi connectivity index (χ1v) is 6.95. The van der Waals surface area contributed by atoms with Crippen molar-refractivity contribution in [1.82, 2.24) is 4.90 Å². The molecule has 1 atom stereocenters. The summed E-state index contributed by atoms with van der Waals surface area (Å²) < 4.78 is 5.57. The Hall–Kier alpha value is -2.50. The van der Waals surface area contributed by atoms with Crippen molar-refractivity contribution >= 4 is 28.5 Å². The molecule has 1 saturated heterocycles. The molecule has 0 saturated carbocycles. The van der Waals surface area contributed by atoms with E-state index in [0.29, 0.717) is 24.2 Å². The molecule has 110 valence electrons. The number of hydrogen-bond donors (Lipinski definition) is 2. The lowest BCUT2D eigenvalue weighted by Gasteiger charge is -2.32. The molecule has 0 spiro atoms. The molecule has 21 heavy (non-hydrogen) atoms. The summed E-state index contributed by atoms with van der Waals surface area (Å²) in [5.74, 6) is -0.555.